The number of carbonyl (C=O) groups excluding carboxylic acids is 2. The van der Waals surface area contributed by atoms with Crippen LogP contribution in [-0.4, -0.2) is 90.2 Å². The zero-order valence-corrected chi connectivity index (χ0v) is 16.0. The van der Waals surface area contributed by atoms with Crippen molar-refractivity contribution >= 4 is 11.9 Å². The van der Waals surface area contributed by atoms with Crippen molar-refractivity contribution in [3.05, 3.63) is 24.5 Å². The molecule has 0 spiro atoms. The second kappa shape index (κ2) is 10.1. The molecule has 2 rings (SSSR count). The number of ether oxygens (including phenoxy) is 5. The van der Waals surface area contributed by atoms with Gasteiger partial charge in [-0.3, -0.25) is 4.79 Å². The van der Waals surface area contributed by atoms with E-state index in [-0.39, 0.29) is 12.0 Å². The maximum atomic E-state index is 12.1. The molecule has 11 heteroatoms. The predicted octanol–water partition coefficient (Wildman–Crippen LogP) is -1.80. The minimum atomic E-state index is -1.65. The Bertz CT molecular complexity index is 631. The largest absolute Gasteiger partial charge is 0.471 e. The van der Waals surface area contributed by atoms with Gasteiger partial charge in [-0.05, 0) is 0 Å². The maximum absolute atomic E-state index is 12.1. The summed E-state index contributed by atoms with van der Waals surface area (Å²) in [5.41, 5.74) is 0.0662. The Kier molecular flexibility index (Phi) is 8.14. The highest BCUT2D eigenvalue weighted by Crippen LogP contribution is 2.37. The lowest BCUT2D eigenvalue weighted by Crippen LogP contribution is -2.60. The molecule has 0 aliphatic carbocycles. The maximum Gasteiger partial charge on any atom is 0.337 e. The molecule has 2 aliphatic heterocycles. The zero-order chi connectivity index (χ0) is 21.7. The number of esters is 2. The quantitative estimate of drug-likeness (QED) is 0.273. The molecule has 0 unspecified atom stereocenters. The van der Waals surface area contributed by atoms with Gasteiger partial charge in [-0.1, -0.05) is 6.08 Å². The normalized spacial score (nSPS) is 37.1. The summed E-state index contributed by atoms with van der Waals surface area (Å²) in [6.45, 7) is 3.06. The second-order valence-electron chi connectivity index (χ2n) is 6.60. The van der Waals surface area contributed by atoms with Gasteiger partial charge in [-0.15, -0.1) is 6.58 Å². The van der Waals surface area contributed by atoms with E-state index < -0.39 is 67.4 Å². The first-order valence-corrected chi connectivity index (χ1v) is 8.88. The van der Waals surface area contributed by atoms with Gasteiger partial charge in [0.1, 0.15) is 24.4 Å². The Morgan fingerprint density at radius 3 is 2.38 bits per heavy atom. The lowest BCUT2D eigenvalue weighted by Gasteiger charge is -2.42. The first-order valence-electron chi connectivity index (χ1n) is 8.88. The Morgan fingerprint density at radius 1 is 1.14 bits per heavy atom. The van der Waals surface area contributed by atoms with E-state index in [2.05, 4.69) is 11.3 Å². The van der Waals surface area contributed by atoms with E-state index in [4.69, 9.17) is 18.9 Å². The molecule has 2 heterocycles. The molecule has 0 saturated carbocycles. The molecule has 11 nitrogen and oxygen atoms in total. The Balaban J connectivity index is 2.25. The molecule has 0 aromatic rings. The monoisotopic (exact) mass is 418 g/mol. The standard InChI is InChI=1S/C18H26O11/c1-4-8-9(5-12(20)25-2)10(16(24)26-3)7-27-17(8)29-18-15(23)14(22)13(21)11(6-19)28-18/h4,7-9,11,13-15,17-19,21-23H,1,5-6H2,2-3H3/t8-,9+,11+,13+,14-,15+,17+,18-/m1/s1. The van der Waals surface area contributed by atoms with Crippen LogP contribution in [0.2, 0.25) is 0 Å². The van der Waals surface area contributed by atoms with Gasteiger partial charge in [-0.2, -0.15) is 0 Å². The predicted molar refractivity (Wildman–Crippen MR) is 93.6 cm³/mol. The number of hydrogen-bond donors (Lipinski definition) is 4. The van der Waals surface area contributed by atoms with E-state index in [1.54, 1.807) is 0 Å². The fraction of sp³-hybridized carbons (Fsp3) is 0.667. The fourth-order valence-electron chi connectivity index (χ4n) is 3.25. The fourth-order valence-corrected chi connectivity index (χ4v) is 3.25. The Labute approximate surface area is 167 Å². The van der Waals surface area contributed by atoms with Gasteiger partial charge in [0.25, 0.3) is 0 Å². The van der Waals surface area contributed by atoms with Crippen LogP contribution in [0, 0.1) is 11.8 Å². The number of hydrogen-bond acceptors (Lipinski definition) is 11. The molecule has 0 radical (unpaired) electrons. The SMILES string of the molecule is C=C[C@H]1[C@H](O[C@H]2O[C@@H](CO)[C@H](O)[C@@H](O)[C@@H]2O)OC=C(C(=O)OC)[C@H]1CC(=O)OC. The summed E-state index contributed by atoms with van der Waals surface area (Å²) in [5, 5.41) is 39.2. The van der Waals surface area contributed by atoms with Crippen LogP contribution < -0.4 is 0 Å². The highest BCUT2D eigenvalue weighted by molar-refractivity contribution is 5.90. The van der Waals surface area contributed by atoms with Crippen molar-refractivity contribution in [1.29, 1.82) is 0 Å². The van der Waals surface area contributed by atoms with Crippen LogP contribution in [-0.2, 0) is 33.3 Å². The molecule has 0 amide bonds. The number of aliphatic hydroxyl groups is 4. The van der Waals surface area contributed by atoms with Crippen molar-refractivity contribution in [3.8, 4) is 0 Å². The van der Waals surface area contributed by atoms with E-state index in [1.807, 2.05) is 0 Å². The molecular formula is C18H26O11. The van der Waals surface area contributed by atoms with Gasteiger partial charge in [-0.25, -0.2) is 4.79 Å². The molecule has 0 bridgehead atoms. The topological polar surface area (TPSA) is 161 Å². The van der Waals surface area contributed by atoms with Gasteiger partial charge in [0.05, 0.1) is 39.1 Å². The molecule has 1 saturated heterocycles. The van der Waals surface area contributed by atoms with Crippen molar-refractivity contribution in [3.63, 3.8) is 0 Å². The second-order valence-corrected chi connectivity index (χ2v) is 6.60. The van der Waals surface area contributed by atoms with E-state index >= 15 is 0 Å². The summed E-state index contributed by atoms with van der Waals surface area (Å²) in [6.07, 6.45) is -6.36. The first-order chi connectivity index (χ1) is 13.8. The minimum Gasteiger partial charge on any atom is -0.471 e. The summed E-state index contributed by atoms with van der Waals surface area (Å²) >= 11 is 0. The summed E-state index contributed by atoms with van der Waals surface area (Å²) in [7, 11) is 2.38. The third-order valence-electron chi connectivity index (χ3n) is 4.93. The molecule has 0 aromatic carbocycles. The molecule has 29 heavy (non-hydrogen) atoms. The highest BCUT2D eigenvalue weighted by Gasteiger charge is 2.47. The van der Waals surface area contributed by atoms with Crippen LogP contribution in [0.15, 0.2) is 24.5 Å². The lowest BCUT2D eigenvalue weighted by atomic mass is 9.81. The van der Waals surface area contributed by atoms with Gasteiger partial charge < -0.3 is 44.1 Å². The lowest BCUT2D eigenvalue weighted by molar-refractivity contribution is -0.339. The third-order valence-corrected chi connectivity index (χ3v) is 4.93. The molecule has 164 valence electrons. The van der Waals surface area contributed by atoms with Crippen LogP contribution in [0.5, 0.6) is 0 Å². The van der Waals surface area contributed by atoms with Gasteiger partial charge in [0.2, 0.25) is 6.29 Å². The van der Waals surface area contributed by atoms with Crippen molar-refractivity contribution in [2.75, 3.05) is 20.8 Å². The summed E-state index contributed by atoms with van der Waals surface area (Å²) in [5.74, 6) is -2.83. The highest BCUT2D eigenvalue weighted by atomic mass is 16.8. The van der Waals surface area contributed by atoms with Crippen molar-refractivity contribution in [2.24, 2.45) is 11.8 Å². The number of rotatable bonds is 7. The minimum absolute atomic E-state index is 0.0662. The van der Waals surface area contributed by atoms with E-state index in [9.17, 15) is 30.0 Å². The van der Waals surface area contributed by atoms with Crippen LogP contribution in [0.4, 0.5) is 0 Å². The van der Waals surface area contributed by atoms with Crippen LogP contribution in [0.3, 0.4) is 0 Å². The van der Waals surface area contributed by atoms with Gasteiger partial charge in [0, 0.05) is 11.8 Å². The van der Waals surface area contributed by atoms with Crippen molar-refractivity contribution in [1.82, 2.24) is 0 Å². The van der Waals surface area contributed by atoms with Crippen molar-refractivity contribution in [2.45, 2.75) is 43.4 Å². The number of methoxy groups -OCH3 is 2. The average molecular weight is 418 g/mol. The first kappa shape index (κ1) is 23.3. The van der Waals surface area contributed by atoms with Gasteiger partial charge in [0.15, 0.2) is 6.29 Å². The van der Waals surface area contributed by atoms with Gasteiger partial charge >= 0.3 is 11.9 Å². The Morgan fingerprint density at radius 2 is 1.83 bits per heavy atom. The average Bonchev–Trinajstić information content (AvgIpc) is 2.73. The smallest absolute Gasteiger partial charge is 0.337 e. The van der Waals surface area contributed by atoms with E-state index in [0.29, 0.717) is 0 Å². The molecule has 1 fully saturated rings. The van der Waals surface area contributed by atoms with E-state index in [1.165, 1.54) is 20.3 Å². The number of aliphatic hydroxyl groups excluding tert-OH is 4. The molecular weight excluding hydrogens is 392 g/mol. The van der Waals surface area contributed by atoms with Crippen LogP contribution >= 0.6 is 0 Å². The number of carbonyl (C=O) groups is 2. The Hall–Kier alpha value is -2.02. The summed E-state index contributed by atoms with van der Waals surface area (Å²) in [6, 6.07) is 0. The molecule has 8 atom stereocenters. The molecule has 2 aliphatic rings. The summed E-state index contributed by atoms with van der Waals surface area (Å²) < 4.78 is 25.7. The molecule has 0 aromatic heterocycles. The van der Waals surface area contributed by atoms with Crippen LogP contribution in [0.1, 0.15) is 6.42 Å². The van der Waals surface area contributed by atoms with Crippen molar-refractivity contribution < 1.29 is 53.7 Å². The molecule has 4 N–H and O–H groups in total. The third kappa shape index (κ3) is 4.94. The zero-order valence-electron chi connectivity index (χ0n) is 16.0. The van der Waals surface area contributed by atoms with Crippen LogP contribution in [0.25, 0.3) is 0 Å². The van der Waals surface area contributed by atoms with E-state index in [0.717, 1.165) is 6.26 Å². The summed E-state index contributed by atoms with van der Waals surface area (Å²) in [4.78, 5) is 23.9.